The van der Waals surface area contributed by atoms with Crippen LogP contribution in [-0.2, 0) is 22.1 Å². The molecule has 1 aliphatic rings. The van der Waals surface area contributed by atoms with Gasteiger partial charge in [-0.25, -0.2) is 9.97 Å². The molecular weight excluding hydrogens is 501 g/mol. The van der Waals surface area contributed by atoms with E-state index in [4.69, 9.17) is 9.72 Å². The zero-order chi connectivity index (χ0) is 25.2. The first-order chi connectivity index (χ1) is 16.7. The summed E-state index contributed by atoms with van der Waals surface area (Å²) in [4.78, 5) is 39.4. The zero-order valence-electron chi connectivity index (χ0n) is 19.1. The fraction of sp³-hybridized carbons (Fsp3) is 0.391. The van der Waals surface area contributed by atoms with E-state index in [-0.39, 0.29) is 23.2 Å². The fourth-order valence-corrected chi connectivity index (χ4v) is 5.40. The third-order valence-corrected chi connectivity index (χ3v) is 7.62. The van der Waals surface area contributed by atoms with E-state index in [0.29, 0.717) is 31.3 Å². The van der Waals surface area contributed by atoms with E-state index < -0.39 is 11.7 Å². The molecule has 12 heteroatoms. The first-order valence-electron chi connectivity index (χ1n) is 10.9. The Bertz CT molecular complexity index is 1220. The second kappa shape index (κ2) is 10.4. The third-order valence-electron chi connectivity index (χ3n) is 5.62. The van der Waals surface area contributed by atoms with Crippen molar-refractivity contribution in [3.8, 4) is 0 Å². The van der Waals surface area contributed by atoms with Crippen LogP contribution in [0.25, 0.3) is 10.2 Å². The Morgan fingerprint density at radius 1 is 1.11 bits per heavy atom. The van der Waals surface area contributed by atoms with Crippen molar-refractivity contribution < 1.29 is 27.5 Å². The number of methoxy groups -OCH3 is 1. The number of amides is 1. The Hall–Kier alpha value is -2.86. The number of carbonyl (C=O) groups excluding carboxylic acids is 2. The number of fused-ring (bicyclic) bond motifs is 1. The van der Waals surface area contributed by atoms with E-state index in [2.05, 4.69) is 22.9 Å². The highest BCUT2D eigenvalue weighted by Crippen LogP contribution is 2.34. The summed E-state index contributed by atoms with van der Waals surface area (Å²) in [6.07, 6.45) is -3.58. The lowest BCUT2D eigenvalue weighted by atomic mass is 10.1. The van der Waals surface area contributed by atoms with Crippen molar-refractivity contribution in [2.45, 2.75) is 24.7 Å². The van der Waals surface area contributed by atoms with Crippen LogP contribution in [0.5, 0.6) is 0 Å². The van der Waals surface area contributed by atoms with E-state index in [0.717, 1.165) is 34.6 Å². The van der Waals surface area contributed by atoms with Gasteiger partial charge < -0.3 is 14.5 Å². The van der Waals surface area contributed by atoms with Crippen LogP contribution >= 0.6 is 23.1 Å². The van der Waals surface area contributed by atoms with Crippen LogP contribution in [0.4, 0.5) is 19.0 Å². The maximum absolute atomic E-state index is 12.8. The Morgan fingerprint density at radius 2 is 1.80 bits per heavy atom. The van der Waals surface area contributed by atoms with E-state index in [1.165, 1.54) is 35.9 Å². The van der Waals surface area contributed by atoms with Crippen LogP contribution in [0.1, 0.15) is 27.7 Å². The minimum Gasteiger partial charge on any atom is -0.468 e. The molecule has 0 N–H and O–H groups in total. The lowest BCUT2D eigenvalue weighted by Gasteiger charge is -2.35. The molecule has 1 fully saturated rings. The lowest BCUT2D eigenvalue weighted by molar-refractivity contribution is -0.138. The van der Waals surface area contributed by atoms with Gasteiger partial charge in [-0.2, -0.15) is 13.2 Å². The summed E-state index contributed by atoms with van der Waals surface area (Å²) >= 11 is 2.79. The molecule has 7 nitrogen and oxygen atoms in total. The molecule has 0 radical (unpaired) electrons. The highest BCUT2D eigenvalue weighted by Gasteiger charge is 2.31. The number of anilines is 1. The molecule has 0 spiro atoms. The van der Waals surface area contributed by atoms with Gasteiger partial charge in [0.2, 0.25) is 0 Å². The Kier molecular flexibility index (Phi) is 7.50. The molecule has 1 amide bonds. The van der Waals surface area contributed by atoms with Crippen LogP contribution in [0.2, 0.25) is 0 Å². The minimum atomic E-state index is -4.44. The van der Waals surface area contributed by atoms with Crippen molar-refractivity contribution in [3.63, 3.8) is 0 Å². The molecule has 0 atom stereocenters. The molecule has 3 heterocycles. The smallest absolute Gasteiger partial charge is 0.416 e. The summed E-state index contributed by atoms with van der Waals surface area (Å²) in [6, 6.07) is 6.36. The summed E-state index contributed by atoms with van der Waals surface area (Å²) in [5.41, 5.74) is -0.558. The first kappa shape index (κ1) is 25.2. The number of hydrogen-bond acceptors (Lipinski definition) is 8. The molecule has 1 aromatic carbocycles. The summed E-state index contributed by atoms with van der Waals surface area (Å²) in [5.74, 6) is 0.184. The number of ether oxygens (including phenoxy) is 1. The van der Waals surface area contributed by atoms with E-state index in [9.17, 15) is 22.8 Å². The number of aromatic nitrogens is 2. The molecule has 3 aromatic rings. The van der Waals surface area contributed by atoms with Gasteiger partial charge in [0.25, 0.3) is 5.91 Å². The third kappa shape index (κ3) is 5.69. The van der Waals surface area contributed by atoms with Gasteiger partial charge in [0.1, 0.15) is 10.6 Å². The van der Waals surface area contributed by atoms with Gasteiger partial charge in [0, 0.05) is 36.6 Å². The number of thiophene rings is 1. The average molecular weight is 525 g/mol. The maximum atomic E-state index is 12.8. The molecule has 0 aliphatic carbocycles. The number of piperazine rings is 1. The highest BCUT2D eigenvalue weighted by atomic mass is 32.2. The van der Waals surface area contributed by atoms with Gasteiger partial charge in [-0.1, -0.05) is 18.7 Å². The predicted molar refractivity (Wildman–Crippen MR) is 129 cm³/mol. The van der Waals surface area contributed by atoms with Crippen LogP contribution < -0.4 is 4.90 Å². The van der Waals surface area contributed by atoms with Gasteiger partial charge in [0.15, 0.2) is 5.16 Å². The Balaban J connectivity index is 1.50. The second-order valence-corrected chi connectivity index (χ2v) is 9.89. The van der Waals surface area contributed by atoms with E-state index >= 15 is 0 Å². The maximum Gasteiger partial charge on any atom is 0.416 e. The van der Waals surface area contributed by atoms with Crippen molar-refractivity contribution in [1.82, 2.24) is 14.9 Å². The number of halogens is 3. The highest BCUT2D eigenvalue weighted by molar-refractivity contribution is 7.99. The quantitative estimate of drug-likeness (QED) is 0.267. The lowest BCUT2D eigenvalue weighted by Crippen LogP contribution is -2.49. The molecule has 186 valence electrons. The van der Waals surface area contributed by atoms with Crippen LogP contribution in [0.3, 0.4) is 0 Å². The second-order valence-electron chi connectivity index (χ2n) is 7.83. The molecule has 1 saturated heterocycles. The van der Waals surface area contributed by atoms with Gasteiger partial charge in [-0.15, -0.1) is 11.3 Å². The molecule has 0 saturated carbocycles. The predicted octanol–water partition coefficient (Wildman–Crippen LogP) is 4.50. The molecule has 4 rings (SSSR count). The monoisotopic (exact) mass is 524 g/mol. The zero-order valence-corrected chi connectivity index (χ0v) is 20.7. The van der Waals surface area contributed by atoms with E-state index in [1.54, 1.807) is 16.2 Å². The van der Waals surface area contributed by atoms with Gasteiger partial charge in [0.05, 0.1) is 23.8 Å². The molecule has 35 heavy (non-hydrogen) atoms. The van der Waals surface area contributed by atoms with Crippen LogP contribution in [-0.4, -0.2) is 65.8 Å². The number of hydrogen-bond donors (Lipinski definition) is 0. The first-order valence-corrected chi connectivity index (χ1v) is 12.7. The number of nitrogens with zero attached hydrogens (tertiary/aromatic N) is 4. The van der Waals surface area contributed by atoms with Gasteiger partial charge in [-0.05, 0) is 36.8 Å². The van der Waals surface area contributed by atoms with Crippen molar-refractivity contribution in [2.75, 3.05) is 43.9 Å². The van der Waals surface area contributed by atoms with Crippen LogP contribution in [0, 0.1) is 0 Å². The molecule has 1 aliphatic heterocycles. The molecular formula is C23H23F3N4O3S2. The number of thioether (sulfide) groups is 1. The van der Waals surface area contributed by atoms with Crippen molar-refractivity contribution in [3.05, 3.63) is 46.3 Å². The van der Waals surface area contributed by atoms with Crippen molar-refractivity contribution >= 4 is 51.0 Å². The Labute approximate surface area is 208 Å². The number of rotatable bonds is 6. The molecule has 2 aromatic heterocycles. The number of benzene rings is 1. The Morgan fingerprint density at radius 3 is 2.40 bits per heavy atom. The minimum absolute atomic E-state index is 0.100. The number of esters is 1. The summed E-state index contributed by atoms with van der Waals surface area (Å²) in [5, 5.41) is 1.41. The number of alkyl halides is 3. The number of carbonyl (C=O) groups is 2. The summed E-state index contributed by atoms with van der Waals surface area (Å²) < 4.78 is 43.1. The summed E-state index contributed by atoms with van der Waals surface area (Å²) in [6.45, 7) is 3.89. The van der Waals surface area contributed by atoms with E-state index in [1.807, 2.05) is 0 Å². The summed E-state index contributed by atoms with van der Waals surface area (Å²) in [7, 11) is 1.33. The topological polar surface area (TPSA) is 75.6 Å². The molecule has 0 unspecified atom stereocenters. The van der Waals surface area contributed by atoms with Crippen molar-refractivity contribution in [2.24, 2.45) is 0 Å². The normalized spacial score (nSPS) is 14.4. The number of aryl methyl sites for hydroxylation is 1. The largest absolute Gasteiger partial charge is 0.468 e. The average Bonchev–Trinajstić information content (AvgIpc) is 3.29. The standard InChI is InChI=1S/C23H23F3N4O3S2/c1-3-16-12-17-19(27-22(28-20(17)35-16)34-13-18(31)33-2)29-8-10-30(11-9-29)21(32)14-4-6-15(7-5-14)23(24,25)26/h4-7,12H,3,8-11,13H2,1-2H3. The SMILES string of the molecule is CCc1cc2c(N3CCN(C(=O)c4ccc(C(F)(F)F)cc4)CC3)nc(SCC(=O)OC)nc2s1. The molecule has 0 bridgehead atoms. The van der Waals surface area contributed by atoms with Gasteiger partial charge in [-0.3, -0.25) is 9.59 Å². The van der Waals surface area contributed by atoms with Crippen LogP contribution in [0.15, 0.2) is 35.5 Å². The van der Waals surface area contributed by atoms with Crippen molar-refractivity contribution in [1.29, 1.82) is 0 Å². The van der Waals surface area contributed by atoms with Gasteiger partial charge >= 0.3 is 12.1 Å². The fourth-order valence-electron chi connectivity index (χ4n) is 3.71.